The fourth-order valence-corrected chi connectivity index (χ4v) is 2.77. The predicted octanol–water partition coefficient (Wildman–Crippen LogP) is 1.53. The van der Waals surface area contributed by atoms with Crippen molar-refractivity contribution in [2.45, 2.75) is 51.6 Å². The van der Waals surface area contributed by atoms with E-state index in [2.05, 4.69) is 10.3 Å². The summed E-state index contributed by atoms with van der Waals surface area (Å²) in [5.74, 6) is -0.126. The summed E-state index contributed by atoms with van der Waals surface area (Å²) < 4.78 is 0. The van der Waals surface area contributed by atoms with Gasteiger partial charge in [-0.1, -0.05) is 19.9 Å². The Morgan fingerprint density at radius 1 is 1.33 bits per heavy atom. The van der Waals surface area contributed by atoms with Gasteiger partial charge in [0.1, 0.15) is 0 Å². The van der Waals surface area contributed by atoms with Crippen molar-refractivity contribution >= 4 is 11.8 Å². The Kier molecular flexibility index (Phi) is 5.44. The maximum absolute atomic E-state index is 12.3. The van der Waals surface area contributed by atoms with Gasteiger partial charge in [-0.3, -0.25) is 19.5 Å². The molecule has 0 bridgehead atoms. The maximum atomic E-state index is 12.3. The SMILES string of the molecule is CCC(CC)N1C(=O)CC(NCCc2ccccn2)C1=O. The molecule has 0 saturated carbocycles. The van der Waals surface area contributed by atoms with Gasteiger partial charge in [-0.25, -0.2) is 0 Å². The number of imide groups is 1. The van der Waals surface area contributed by atoms with Crippen LogP contribution in [0.15, 0.2) is 24.4 Å². The van der Waals surface area contributed by atoms with Crippen LogP contribution in [0.3, 0.4) is 0 Å². The Morgan fingerprint density at radius 2 is 2.10 bits per heavy atom. The van der Waals surface area contributed by atoms with E-state index in [4.69, 9.17) is 0 Å². The average Bonchev–Trinajstić information content (AvgIpc) is 2.78. The number of carbonyl (C=O) groups is 2. The first-order valence-electron chi connectivity index (χ1n) is 7.66. The van der Waals surface area contributed by atoms with Crippen molar-refractivity contribution in [2.24, 2.45) is 0 Å². The molecule has 1 N–H and O–H groups in total. The number of hydrogen-bond donors (Lipinski definition) is 1. The van der Waals surface area contributed by atoms with Crippen molar-refractivity contribution in [3.63, 3.8) is 0 Å². The van der Waals surface area contributed by atoms with Crippen LogP contribution in [0.25, 0.3) is 0 Å². The zero-order valence-electron chi connectivity index (χ0n) is 12.7. The van der Waals surface area contributed by atoms with Crippen LogP contribution in [-0.4, -0.2) is 40.3 Å². The molecule has 2 rings (SSSR count). The Morgan fingerprint density at radius 3 is 2.71 bits per heavy atom. The molecule has 21 heavy (non-hydrogen) atoms. The van der Waals surface area contributed by atoms with Gasteiger partial charge in [0, 0.05) is 30.9 Å². The van der Waals surface area contributed by atoms with Gasteiger partial charge in [-0.2, -0.15) is 0 Å². The molecule has 5 heteroatoms. The van der Waals surface area contributed by atoms with Gasteiger partial charge < -0.3 is 5.32 Å². The highest BCUT2D eigenvalue weighted by Crippen LogP contribution is 2.20. The highest BCUT2D eigenvalue weighted by atomic mass is 16.2. The molecule has 2 heterocycles. The Labute approximate surface area is 125 Å². The molecule has 0 aromatic carbocycles. The number of nitrogens with zero attached hydrogens (tertiary/aromatic N) is 2. The monoisotopic (exact) mass is 289 g/mol. The highest BCUT2D eigenvalue weighted by molar-refractivity contribution is 6.05. The number of pyridine rings is 1. The molecule has 2 amide bonds. The molecule has 1 aliphatic rings. The van der Waals surface area contributed by atoms with E-state index in [1.807, 2.05) is 32.0 Å². The van der Waals surface area contributed by atoms with E-state index in [9.17, 15) is 9.59 Å². The number of nitrogens with one attached hydrogen (secondary N) is 1. The third-order valence-corrected chi connectivity index (χ3v) is 3.99. The smallest absolute Gasteiger partial charge is 0.247 e. The Hall–Kier alpha value is -1.75. The normalized spacial score (nSPS) is 18.8. The summed E-state index contributed by atoms with van der Waals surface area (Å²) in [6.07, 6.45) is 4.42. The molecular weight excluding hydrogens is 266 g/mol. The summed E-state index contributed by atoms with van der Waals surface area (Å²) in [7, 11) is 0. The lowest BCUT2D eigenvalue weighted by Crippen LogP contribution is -2.44. The number of aromatic nitrogens is 1. The summed E-state index contributed by atoms with van der Waals surface area (Å²) in [5, 5.41) is 3.19. The number of amides is 2. The van der Waals surface area contributed by atoms with Crippen molar-refractivity contribution in [3.05, 3.63) is 30.1 Å². The van der Waals surface area contributed by atoms with Gasteiger partial charge in [0.2, 0.25) is 11.8 Å². The van der Waals surface area contributed by atoms with Gasteiger partial charge in [0.15, 0.2) is 0 Å². The van der Waals surface area contributed by atoms with E-state index < -0.39 is 0 Å². The van der Waals surface area contributed by atoms with Crippen LogP contribution in [0.1, 0.15) is 38.8 Å². The third-order valence-electron chi connectivity index (χ3n) is 3.99. The van der Waals surface area contributed by atoms with Crippen molar-refractivity contribution in [1.82, 2.24) is 15.2 Å². The summed E-state index contributed by atoms with van der Waals surface area (Å²) >= 11 is 0. The van der Waals surface area contributed by atoms with Crippen LogP contribution < -0.4 is 5.32 Å². The van der Waals surface area contributed by atoms with E-state index in [1.54, 1.807) is 6.20 Å². The van der Waals surface area contributed by atoms with E-state index in [0.29, 0.717) is 6.54 Å². The minimum absolute atomic E-state index is 0.0348. The molecule has 1 aromatic rings. The second kappa shape index (κ2) is 7.31. The molecule has 1 unspecified atom stereocenters. The molecule has 0 radical (unpaired) electrons. The zero-order valence-corrected chi connectivity index (χ0v) is 12.7. The van der Waals surface area contributed by atoms with Crippen LogP contribution in [0.4, 0.5) is 0 Å². The summed E-state index contributed by atoms with van der Waals surface area (Å²) in [6, 6.07) is 5.44. The lowest BCUT2D eigenvalue weighted by molar-refractivity contribution is -0.141. The lowest BCUT2D eigenvalue weighted by Gasteiger charge is -2.24. The molecule has 114 valence electrons. The van der Waals surface area contributed by atoms with E-state index in [1.165, 1.54) is 4.90 Å². The molecule has 1 aliphatic heterocycles. The van der Waals surface area contributed by atoms with Gasteiger partial charge in [-0.15, -0.1) is 0 Å². The molecule has 0 aliphatic carbocycles. The predicted molar refractivity (Wildman–Crippen MR) is 80.6 cm³/mol. The number of carbonyl (C=O) groups excluding carboxylic acids is 2. The fourth-order valence-electron chi connectivity index (χ4n) is 2.77. The standard InChI is InChI=1S/C16H23N3O2/c1-3-13(4-2)19-15(20)11-14(16(19)21)18-10-8-12-7-5-6-9-17-12/h5-7,9,13-14,18H,3-4,8,10-11H2,1-2H3. The maximum Gasteiger partial charge on any atom is 0.247 e. The van der Waals surface area contributed by atoms with Crippen LogP contribution >= 0.6 is 0 Å². The Bertz CT molecular complexity index is 486. The molecule has 1 fully saturated rings. The van der Waals surface area contributed by atoms with E-state index in [-0.39, 0.29) is 30.3 Å². The molecule has 1 saturated heterocycles. The minimum Gasteiger partial charge on any atom is -0.305 e. The summed E-state index contributed by atoms with van der Waals surface area (Å²) in [6.45, 7) is 4.67. The van der Waals surface area contributed by atoms with Gasteiger partial charge in [-0.05, 0) is 25.0 Å². The minimum atomic E-state index is -0.373. The van der Waals surface area contributed by atoms with E-state index in [0.717, 1.165) is 25.0 Å². The average molecular weight is 289 g/mol. The van der Waals surface area contributed by atoms with Gasteiger partial charge >= 0.3 is 0 Å². The molecular formula is C16H23N3O2. The van der Waals surface area contributed by atoms with Crippen LogP contribution in [0.5, 0.6) is 0 Å². The number of likely N-dealkylation sites (tertiary alicyclic amines) is 1. The first kappa shape index (κ1) is 15.6. The van der Waals surface area contributed by atoms with Crippen molar-refractivity contribution in [3.8, 4) is 0 Å². The van der Waals surface area contributed by atoms with Crippen molar-refractivity contribution in [1.29, 1.82) is 0 Å². The first-order valence-corrected chi connectivity index (χ1v) is 7.66. The van der Waals surface area contributed by atoms with Crippen molar-refractivity contribution < 1.29 is 9.59 Å². The quantitative estimate of drug-likeness (QED) is 0.773. The van der Waals surface area contributed by atoms with Crippen LogP contribution in [-0.2, 0) is 16.0 Å². The second-order valence-electron chi connectivity index (χ2n) is 5.35. The van der Waals surface area contributed by atoms with Crippen LogP contribution in [0.2, 0.25) is 0 Å². The number of rotatable bonds is 7. The summed E-state index contributed by atoms with van der Waals surface area (Å²) in [4.78, 5) is 30.1. The highest BCUT2D eigenvalue weighted by Gasteiger charge is 2.40. The van der Waals surface area contributed by atoms with Gasteiger partial charge in [0.25, 0.3) is 0 Å². The second-order valence-corrected chi connectivity index (χ2v) is 5.35. The van der Waals surface area contributed by atoms with Crippen molar-refractivity contribution in [2.75, 3.05) is 6.54 Å². The molecule has 0 spiro atoms. The first-order chi connectivity index (χ1) is 10.2. The molecule has 1 atom stereocenters. The topological polar surface area (TPSA) is 62.3 Å². The van der Waals surface area contributed by atoms with E-state index >= 15 is 0 Å². The summed E-state index contributed by atoms with van der Waals surface area (Å²) in [5.41, 5.74) is 0.985. The zero-order chi connectivity index (χ0) is 15.2. The fraction of sp³-hybridized carbons (Fsp3) is 0.562. The largest absolute Gasteiger partial charge is 0.305 e. The molecule has 5 nitrogen and oxygen atoms in total. The third kappa shape index (κ3) is 3.67. The Balaban J connectivity index is 1.88. The number of hydrogen-bond acceptors (Lipinski definition) is 4. The molecule has 1 aromatic heterocycles. The lowest BCUT2D eigenvalue weighted by atomic mass is 10.1. The van der Waals surface area contributed by atoms with Gasteiger partial charge in [0.05, 0.1) is 12.5 Å². The van der Waals surface area contributed by atoms with Crippen LogP contribution in [0, 0.1) is 0 Å².